The number of halogens is 1. The molecule has 0 spiro atoms. The van der Waals surface area contributed by atoms with Crippen LogP contribution in [0.3, 0.4) is 0 Å². The van der Waals surface area contributed by atoms with Crippen LogP contribution in [-0.4, -0.2) is 18.5 Å². The van der Waals surface area contributed by atoms with Crippen molar-refractivity contribution in [2.45, 2.75) is 33.6 Å². The van der Waals surface area contributed by atoms with E-state index in [4.69, 9.17) is 9.47 Å². The number of benzene rings is 1. The maximum atomic E-state index is 5.92. The van der Waals surface area contributed by atoms with Gasteiger partial charge < -0.3 is 9.47 Å². The maximum absolute atomic E-state index is 5.92. The van der Waals surface area contributed by atoms with Crippen molar-refractivity contribution in [2.75, 3.05) is 18.5 Å². The highest BCUT2D eigenvalue weighted by Crippen LogP contribution is 2.30. The van der Waals surface area contributed by atoms with Crippen LogP contribution >= 0.6 is 15.9 Å². The molecular formula is C15H23BrO2. The summed E-state index contributed by atoms with van der Waals surface area (Å²) in [6.45, 7) is 7.83. The lowest BCUT2D eigenvalue weighted by atomic mass is 9.86. The number of hydrogen-bond donors (Lipinski definition) is 0. The summed E-state index contributed by atoms with van der Waals surface area (Å²) in [6.07, 6.45) is 2.22. The van der Waals surface area contributed by atoms with Crippen molar-refractivity contribution in [3.63, 3.8) is 0 Å². The van der Waals surface area contributed by atoms with Gasteiger partial charge in [-0.25, -0.2) is 0 Å². The molecule has 0 amide bonds. The van der Waals surface area contributed by atoms with E-state index in [0.29, 0.717) is 6.61 Å². The van der Waals surface area contributed by atoms with Gasteiger partial charge in [-0.3, -0.25) is 0 Å². The fourth-order valence-corrected chi connectivity index (χ4v) is 2.69. The minimum atomic E-state index is 0.224. The normalized spacial score (nSPS) is 11.3. The van der Waals surface area contributed by atoms with Gasteiger partial charge in [0.2, 0.25) is 0 Å². The highest BCUT2D eigenvalue weighted by molar-refractivity contribution is 9.09. The third-order valence-corrected chi connectivity index (χ3v) is 4.63. The molecule has 0 atom stereocenters. The van der Waals surface area contributed by atoms with Gasteiger partial charge in [-0.2, -0.15) is 0 Å². The Balaban J connectivity index is 2.64. The monoisotopic (exact) mass is 314 g/mol. The minimum absolute atomic E-state index is 0.224. The molecule has 0 fully saturated rings. The van der Waals surface area contributed by atoms with E-state index < -0.39 is 0 Å². The third-order valence-electron chi connectivity index (χ3n) is 3.44. The zero-order chi connectivity index (χ0) is 13.4. The standard InChI is InChI=1S/C15H23BrO2/c1-4-15(5-2,11-16)12-18-14-9-7-8-13(10-14)17-6-3/h7-10H,4-6,11-12H2,1-3H3. The van der Waals surface area contributed by atoms with E-state index in [-0.39, 0.29) is 5.41 Å². The predicted octanol–water partition coefficient (Wildman–Crippen LogP) is 4.67. The molecule has 2 nitrogen and oxygen atoms in total. The van der Waals surface area contributed by atoms with Crippen LogP contribution < -0.4 is 9.47 Å². The summed E-state index contributed by atoms with van der Waals surface area (Å²) in [6, 6.07) is 7.85. The van der Waals surface area contributed by atoms with Crippen molar-refractivity contribution in [3.05, 3.63) is 24.3 Å². The highest BCUT2D eigenvalue weighted by Gasteiger charge is 2.25. The van der Waals surface area contributed by atoms with Crippen LogP contribution in [0, 0.1) is 5.41 Å². The topological polar surface area (TPSA) is 18.5 Å². The molecule has 0 aromatic heterocycles. The molecule has 0 unspecified atom stereocenters. The van der Waals surface area contributed by atoms with Crippen LogP contribution in [0.25, 0.3) is 0 Å². The van der Waals surface area contributed by atoms with Gasteiger partial charge in [0.25, 0.3) is 0 Å². The zero-order valence-electron chi connectivity index (χ0n) is 11.5. The molecule has 0 saturated carbocycles. The molecule has 1 aromatic rings. The largest absolute Gasteiger partial charge is 0.494 e. The molecule has 3 heteroatoms. The summed E-state index contributed by atoms with van der Waals surface area (Å²) in [7, 11) is 0. The molecule has 0 bridgehead atoms. The van der Waals surface area contributed by atoms with Gasteiger partial charge in [-0.1, -0.05) is 35.8 Å². The number of rotatable bonds is 8. The van der Waals surface area contributed by atoms with Gasteiger partial charge in [0.05, 0.1) is 13.2 Å². The molecule has 1 rings (SSSR count). The van der Waals surface area contributed by atoms with E-state index in [0.717, 1.165) is 36.3 Å². The Bertz CT molecular complexity index is 340. The third kappa shape index (κ3) is 4.20. The quantitative estimate of drug-likeness (QED) is 0.649. The number of alkyl halides is 1. The molecule has 0 heterocycles. The molecular weight excluding hydrogens is 292 g/mol. The van der Waals surface area contributed by atoms with Crippen LogP contribution in [0.1, 0.15) is 33.6 Å². The summed E-state index contributed by atoms with van der Waals surface area (Å²) < 4.78 is 11.4. The van der Waals surface area contributed by atoms with Crippen molar-refractivity contribution in [1.29, 1.82) is 0 Å². The maximum Gasteiger partial charge on any atom is 0.123 e. The zero-order valence-corrected chi connectivity index (χ0v) is 13.1. The van der Waals surface area contributed by atoms with E-state index in [1.165, 1.54) is 0 Å². The first-order valence-electron chi connectivity index (χ1n) is 6.61. The fourth-order valence-electron chi connectivity index (χ4n) is 1.74. The second-order valence-corrected chi connectivity index (χ2v) is 5.10. The van der Waals surface area contributed by atoms with Crippen LogP contribution in [0.2, 0.25) is 0 Å². The smallest absolute Gasteiger partial charge is 0.123 e. The lowest BCUT2D eigenvalue weighted by molar-refractivity contribution is 0.157. The molecule has 0 aliphatic heterocycles. The highest BCUT2D eigenvalue weighted by atomic mass is 79.9. The van der Waals surface area contributed by atoms with Crippen LogP contribution in [0.15, 0.2) is 24.3 Å². The first-order valence-corrected chi connectivity index (χ1v) is 7.73. The minimum Gasteiger partial charge on any atom is -0.494 e. The number of ether oxygens (including phenoxy) is 2. The van der Waals surface area contributed by atoms with Crippen LogP contribution in [0.4, 0.5) is 0 Å². The Morgan fingerprint density at radius 3 is 2.17 bits per heavy atom. The van der Waals surface area contributed by atoms with Gasteiger partial charge in [0, 0.05) is 16.8 Å². The Labute approximate surface area is 119 Å². The molecule has 0 radical (unpaired) electrons. The van der Waals surface area contributed by atoms with Crippen molar-refractivity contribution >= 4 is 15.9 Å². The fraction of sp³-hybridized carbons (Fsp3) is 0.600. The molecule has 0 N–H and O–H groups in total. The average molecular weight is 315 g/mol. The second-order valence-electron chi connectivity index (χ2n) is 4.54. The van der Waals surface area contributed by atoms with Gasteiger partial charge in [-0.05, 0) is 31.9 Å². The van der Waals surface area contributed by atoms with Gasteiger partial charge >= 0.3 is 0 Å². The Kier molecular flexibility index (Phi) is 6.55. The van der Waals surface area contributed by atoms with E-state index in [2.05, 4.69) is 29.8 Å². The second kappa shape index (κ2) is 7.67. The molecule has 18 heavy (non-hydrogen) atoms. The Morgan fingerprint density at radius 1 is 1.06 bits per heavy atom. The molecule has 0 aliphatic rings. The van der Waals surface area contributed by atoms with E-state index in [1.807, 2.05) is 31.2 Å². The lowest BCUT2D eigenvalue weighted by Crippen LogP contribution is -2.29. The first-order chi connectivity index (χ1) is 8.69. The van der Waals surface area contributed by atoms with Gasteiger partial charge in [0.1, 0.15) is 11.5 Å². The van der Waals surface area contributed by atoms with Crippen molar-refractivity contribution in [1.82, 2.24) is 0 Å². The first kappa shape index (κ1) is 15.4. The van der Waals surface area contributed by atoms with Gasteiger partial charge in [0.15, 0.2) is 0 Å². The predicted molar refractivity (Wildman–Crippen MR) is 79.9 cm³/mol. The van der Waals surface area contributed by atoms with Crippen LogP contribution in [-0.2, 0) is 0 Å². The molecule has 0 aliphatic carbocycles. The average Bonchev–Trinajstić information content (AvgIpc) is 2.42. The van der Waals surface area contributed by atoms with E-state index in [1.54, 1.807) is 0 Å². The SMILES string of the molecule is CCOc1cccc(OCC(CC)(CC)CBr)c1. The Morgan fingerprint density at radius 2 is 1.67 bits per heavy atom. The van der Waals surface area contributed by atoms with E-state index >= 15 is 0 Å². The number of hydrogen-bond acceptors (Lipinski definition) is 2. The molecule has 102 valence electrons. The van der Waals surface area contributed by atoms with Gasteiger partial charge in [-0.15, -0.1) is 0 Å². The summed E-state index contributed by atoms with van der Waals surface area (Å²) >= 11 is 3.60. The molecule has 0 saturated heterocycles. The summed E-state index contributed by atoms with van der Waals surface area (Å²) in [5.74, 6) is 1.75. The van der Waals surface area contributed by atoms with Crippen molar-refractivity contribution in [3.8, 4) is 11.5 Å². The molecule has 1 aromatic carbocycles. The lowest BCUT2D eigenvalue weighted by Gasteiger charge is -2.29. The summed E-state index contributed by atoms with van der Waals surface area (Å²) in [5.41, 5.74) is 0.224. The van der Waals surface area contributed by atoms with Crippen molar-refractivity contribution in [2.24, 2.45) is 5.41 Å². The summed E-state index contributed by atoms with van der Waals surface area (Å²) in [5, 5.41) is 0.970. The van der Waals surface area contributed by atoms with Crippen LogP contribution in [0.5, 0.6) is 11.5 Å². The van der Waals surface area contributed by atoms with E-state index in [9.17, 15) is 0 Å². The summed E-state index contributed by atoms with van der Waals surface area (Å²) in [4.78, 5) is 0. The Hall–Kier alpha value is -0.700. The van der Waals surface area contributed by atoms with Crippen molar-refractivity contribution < 1.29 is 9.47 Å².